The van der Waals surface area contributed by atoms with Crippen LogP contribution in [0.5, 0.6) is 0 Å². The molecule has 5 nitrogen and oxygen atoms in total. The summed E-state index contributed by atoms with van der Waals surface area (Å²) >= 11 is 0. The van der Waals surface area contributed by atoms with E-state index in [0.717, 1.165) is 0 Å². The first-order valence-electron chi connectivity index (χ1n) is 0. The maximum atomic E-state index is 0. The second-order valence-electron chi connectivity index (χ2n) is 0. The van der Waals surface area contributed by atoms with Gasteiger partial charge in [0.05, 0.1) is 0 Å². The van der Waals surface area contributed by atoms with Gasteiger partial charge in [-0.15, -0.1) is 0 Å². The molecule has 0 amide bonds. The third-order valence-corrected chi connectivity index (χ3v) is 0. The van der Waals surface area contributed by atoms with Crippen molar-refractivity contribution in [3.8, 4) is 0 Å². The van der Waals surface area contributed by atoms with Gasteiger partial charge in [-0.2, -0.15) is 0 Å². The maximum absolute atomic E-state index is 0. The Hall–Kier alpha value is 3.64. The molecule has 0 N–H and O–H groups in total. The van der Waals surface area contributed by atoms with E-state index in [-0.39, 0.29) is 150 Å². The fourth-order valence-electron chi connectivity index (χ4n) is 0. The molecule has 0 rings (SSSR count). The summed E-state index contributed by atoms with van der Waals surface area (Å²) in [6, 6.07) is 0. The van der Waals surface area contributed by atoms with Gasteiger partial charge in [0.1, 0.15) is 0 Å². The van der Waals surface area contributed by atoms with Crippen molar-refractivity contribution < 1.29 is 150 Å². The van der Waals surface area contributed by atoms with Crippen molar-refractivity contribution in [2.24, 2.45) is 0 Å². The monoisotopic (exact) mass is 412 g/mol. The molecular weight excluding hydrogens is 412 g/mol. The van der Waals surface area contributed by atoms with E-state index in [1.165, 1.54) is 0 Å². The average molecular weight is 414 g/mol. The molecule has 0 aromatic rings. The van der Waals surface area contributed by atoms with Gasteiger partial charge >= 0.3 is 37.7 Å². The van der Waals surface area contributed by atoms with Gasteiger partial charge in [-0.05, 0) is 0 Å². The van der Waals surface area contributed by atoms with Crippen LogP contribution in [0.3, 0.4) is 0 Å². The van der Waals surface area contributed by atoms with E-state index in [4.69, 9.17) is 0 Å². The summed E-state index contributed by atoms with van der Waals surface area (Å²) in [5, 5.41) is 0. The first kappa shape index (κ1) is 205. The summed E-state index contributed by atoms with van der Waals surface area (Å²) in [4.78, 5) is 0. The van der Waals surface area contributed by atoms with Gasteiger partial charge in [-0.3, -0.25) is 0 Å². The summed E-state index contributed by atoms with van der Waals surface area (Å²) in [5.41, 5.74) is 0. The Morgan fingerprint density at radius 2 is 0.455 bits per heavy atom. The van der Waals surface area contributed by atoms with Crippen LogP contribution in [0.1, 0.15) is 2.85 Å². The molecule has 0 aromatic carbocycles. The van der Waals surface area contributed by atoms with Crippen molar-refractivity contribution in [3.05, 3.63) is 0 Å². The predicted octanol–water partition coefficient (Wildman–Crippen LogP) is -6.37. The molecular formula is H2Ag2Li2O5V2-10. The van der Waals surface area contributed by atoms with Crippen molar-refractivity contribution >= 4 is 0 Å². The van der Waals surface area contributed by atoms with E-state index in [1.54, 1.807) is 0 Å². The Balaban J connectivity index is 0. The molecule has 0 aliphatic carbocycles. The normalized spacial score (nSPS) is 0. The standard InChI is InChI=1S/2Ag.2Li.5O.2V.2H/q;;2*+1;5*-2;;;2*-1. The molecule has 4 radical (unpaired) electrons. The van der Waals surface area contributed by atoms with Gasteiger partial charge in [-0.1, -0.05) is 0 Å². The van der Waals surface area contributed by atoms with Crippen LogP contribution in [0.4, 0.5) is 0 Å². The zero-order valence-electron chi connectivity index (χ0n) is 7.54. The summed E-state index contributed by atoms with van der Waals surface area (Å²) < 4.78 is 0. The minimum absolute atomic E-state index is 0. The molecule has 0 unspecified atom stereocenters. The second-order valence-corrected chi connectivity index (χ2v) is 0. The van der Waals surface area contributed by atoms with E-state index in [9.17, 15) is 0 Å². The Morgan fingerprint density at radius 1 is 0.455 bits per heavy atom. The summed E-state index contributed by atoms with van der Waals surface area (Å²) in [6.45, 7) is 0. The van der Waals surface area contributed by atoms with Crippen molar-refractivity contribution in [2.75, 3.05) is 0 Å². The molecule has 76 valence electrons. The molecule has 0 fully saturated rings. The fourth-order valence-corrected chi connectivity index (χ4v) is 0. The van der Waals surface area contributed by atoms with E-state index in [1.807, 2.05) is 0 Å². The number of hydrogen-bond donors (Lipinski definition) is 0. The number of rotatable bonds is 0. The van der Waals surface area contributed by atoms with Crippen LogP contribution in [-0.4, -0.2) is 0 Å². The zero-order chi connectivity index (χ0) is 0. The van der Waals surface area contributed by atoms with Crippen molar-refractivity contribution in [3.63, 3.8) is 0 Å². The molecule has 0 aliphatic rings. The molecule has 0 saturated carbocycles. The minimum Gasteiger partial charge on any atom is -2.00 e. The third kappa shape index (κ3) is 139. The topological polar surface area (TPSA) is 142 Å². The first-order valence-corrected chi connectivity index (χ1v) is 0. The smallest absolute Gasteiger partial charge is 1.00 e. The maximum Gasteiger partial charge on any atom is 1.00 e. The molecule has 11 heteroatoms. The van der Waals surface area contributed by atoms with Crippen LogP contribution in [0.15, 0.2) is 0 Å². The van der Waals surface area contributed by atoms with Crippen LogP contribution < -0.4 is 37.7 Å². The zero-order valence-corrected chi connectivity index (χ0v) is 11.3. The van der Waals surface area contributed by atoms with Gasteiger partial charge in [0.15, 0.2) is 0 Å². The summed E-state index contributed by atoms with van der Waals surface area (Å²) in [6.07, 6.45) is 0. The second kappa shape index (κ2) is 164. The van der Waals surface area contributed by atoms with E-state index < -0.39 is 0 Å². The van der Waals surface area contributed by atoms with E-state index in [0.29, 0.717) is 0 Å². The van der Waals surface area contributed by atoms with Gasteiger partial charge in [0.2, 0.25) is 0 Å². The van der Waals surface area contributed by atoms with E-state index in [2.05, 4.69) is 0 Å². The summed E-state index contributed by atoms with van der Waals surface area (Å²) in [5.74, 6) is 0. The molecule has 0 saturated heterocycles. The summed E-state index contributed by atoms with van der Waals surface area (Å²) in [7, 11) is 0. The van der Waals surface area contributed by atoms with E-state index >= 15 is 0 Å². The number of hydrogen-bond acceptors (Lipinski definition) is 0. The average Bonchev–Trinajstić information content (AvgIpc) is 0. The van der Waals surface area contributed by atoms with Crippen LogP contribution in [-0.2, 0) is 109 Å². The molecule has 0 atom stereocenters. The first-order chi connectivity index (χ1) is 0. The van der Waals surface area contributed by atoms with Crippen LogP contribution in [0.2, 0.25) is 0 Å². The Kier molecular flexibility index (Phi) is 3070. The predicted molar refractivity (Wildman–Crippen MR) is 5.66 cm³/mol. The van der Waals surface area contributed by atoms with Crippen LogP contribution in [0.25, 0.3) is 0 Å². The fraction of sp³-hybridized carbons (Fsp3) is 0. The SMILES string of the molecule is [Ag].[Ag].[H-].[H-].[Li+].[Li+].[O-2].[O-2].[O-2].[O-2].[O-2].[V].[V]. The molecule has 11 heavy (non-hydrogen) atoms. The van der Waals surface area contributed by atoms with Crippen LogP contribution in [0, 0.1) is 0 Å². The van der Waals surface area contributed by atoms with Gasteiger partial charge in [0, 0.05) is 81.9 Å². The van der Waals surface area contributed by atoms with Crippen molar-refractivity contribution in [1.82, 2.24) is 0 Å². The van der Waals surface area contributed by atoms with Crippen molar-refractivity contribution in [1.29, 1.82) is 0 Å². The molecule has 0 aliphatic heterocycles. The Labute approximate surface area is 148 Å². The van der Waals surface area contributed by atoms with Gasteiger partial charge in [0.25, 0.3) is 0 Å². The van der Waals surface area contributed by atoms with Gasteiger partial charge in [-0.25, -0.2) is 0 Å². The molecule has 0 aromatic heterocycles. The molecule has 0 heterocycles. The third-order valence-electron chi connectivity index (χ3n) is 0. The molecule has 0 spiro atoms. The largest absolute Gasteiger partial charge is 2.00 e. The van der Waals surface area contributed by atoms with Gasteiger partial charge < -0.3 is 30.2 Å². The quantitative estimate of drug-likeness (QED) is 0.348. The van der Waals surface area contributed by atoms with Crippen LogP contribution >= 0.6 is 0 Å². The Morgan fingerprint density at radius 3 is 0.455 bits per heavy atom. The minimum atomic E-state index is 0. The van der Waals surface area contributed by atoms with Crippen molar-refractivity contribution in [2.45, 2.75) is 0 Å². The molecule has 0 bridgehead atoms. The Bertz CT molecular complexity index is 28.5.